The van der Waals surface area contributed by atoms with E-state index < -0.39 is 11.6 Å². The maximum atomic E-state index is 12.4. The number of hydrogen-bond acceptors (Lipinski definition) is 5. The predicted molar refractivity (Wildman–Crippen MR) is 88.5 cm³/mol. The molecule has 0 saturated carbocycles. The van der Waals surface area contributed by atoms with Crippen LogP contribution in [0.25, 0.3) is 0 Å². The van der Waals surface area contributed by atoms with Crippen LogP contribution in [-0.2, 0) is 10.3 Å². The van der Waals surface area contributed by atoms with Gasteiger partial charge < -0.3 is 15.6 Å². The lowest BCUT2D eigenvalue weighted by atomic mass is 9.92. The molecule has 2 unspecified atom stereocenters. The van der Waals surface area contributed by atoms with E-state index in [-0.39, 0.29) is 18.3 Å². The zero-order chi connectivity index (χ0) is 15.6. The molecule has 0 aliphatic carbocycles. The van der Waals surface area contributed by atoms with Crippen molar-refractivity contribution in [2.45, 2.75) is 32.4 Å². The van der Waals surface area contributed by atoms with Gasteiger partial charge in [0.05, 0.1) is 0 Å². The highest BCUT2D eigenvalue weighted by Crippen LogP contribution is 2.22. The average Bonchev–Trinajstić information content (AvgIpc) is 2.86. The summed E-state index contributed by atoms with van der Waals surface area (Å²) in [5.74, 6) is 0.565. The van der Waals surface area contributed by atoms with Gasteiger partial charge in [0, 0.05) is 4.47 Å². The van der Waals surface area contributed by atoms with E-state index in [2.05, 4.69) is 31.4 Å². The summed E-state index contributed by atoms with van der Waals surface area (Å²) in [6.07, 6.45) is 0. The lowest BCUT2D eigenvalue weighted by Crippen LogP contribution is -2.49. The second-order valence-corrected chi connectivity index (χ2v) is 6.00. The number of rotatable bonds is 4. The molecule has 3 N–H and O–H groups in total. The predicted octanol–water partition coefficient (Wildman–Crippen LogP) is 2.61. The summed E-state index contributed by atoms with van der Waals surface area (Å²) >= 11 is 3.35. The number of carbonyl (C=O) groups is 1. The Morgan fingerprint density at radius 1 is 1.41 bits per heavy atom. The van der Waals surface area contributed by atoms with Crippen molar-refractivity contribution in [1.82, 2.24) is 15.5 Å². The maximum absolute atomic E-state index is 12.4. The highest BCUT2D eigenvalue weighted by atomic mass is 79.9. The van der Waals surface area contributed by atoms with Crippen LogP contribution in [0.15, 0.2) is 33.3 Å². The molecule has 1 heterocycles. The Hall–Kier alpha value is -1.44. The number of carbonyl (C=O) groups excluding carboxylic acids is 1. The number of halogens is 2. The Labute approximate surface area is 143 Å². The summed E-state index contributed by atoms with van der Waals surface area (Å²) in [6, 6.07) is 6.91. The number of amides is 1. The Bertz CT molecular complexity index is 643. The lowest BCUT2D eigenvalue weighted by molar-refractivity contribution is -0.127. The van der Waals surface area contributed by atoms with E-state index in [1.165, 1.54) is 0 Å². The van der Waals surface area contributed by atoms with Gasteiger partial charge in [0.15, 0.2) is 5.82 Å². The molecule has 2 aromatic rings. The van der Waals surface area contributed by atoms with Gasteiger partial charge in [0.1, 0.15) is 11.6 Å². The smallest absolute Gasteiger partial charge is 0.248 e. The van der Waals surface area contributed by atoms with Crippen LogP contribution in [-0.4, -0.2) is 16.0 Å². The molecule has 2 atom stereocenters. The molecule has 2 rings (SSSR count). The summed E-state index contributed by atoms with van der Waals surface area (Å²) in [6.45, 7) is 5.15. The van der Waals surface area contributed by atoms with Crippen LogP contribution in [0.4, 0.5) is 0 Å². The number of nitrogens with one attached hydrogen (secondary N) is 1. The molecule has 0 bridgehead atoms. The van der Waals surface area contributed by atoms with Crippen LogP contribution in [0.1, 0.15) is 37.2 Å². The molecule has 0 aliphatic rings. The summed E-state index contributed by atoms with van der Waals surface area (Å²) < 4.78 is 5.97. The number of hydrogen-bond donors (Lipinski definition) is 2. The highest BCUT2D eigenvalue weighted by molar-refractivity contribution is 9.10. The molecule has 120 valence electrons. The van der Waals surface area contributed by atoms with E-state index in [4.69, 9.17) is 10.3 Å². The van der Waals surface area contributed by atoms with Crippen molar-refractivity contribution < 1.29 is 9.32 Å². The van der Waals surface area contributed by atoms with Crippen molar-refractivity contribution in [3.05, 3.63) is 46.0 Å². The first-order valence-electron chi connectivity index (χ1n) is 6.47. The third-order valence-electron chi connectivity index (χ3n) is 3.18. The van der Waals surface area contributed by atoms with Crippen molar-refractivity contribution in [2.75, 3.05) is 0 Å². The van der Waals surface area contributed by atoms with Gasteiger partial charge in [-0.3, -0.25) is 4.79 Å². The van der Waals surface area contributed by atoms with Gasteiger partial charge in [-0.2, -0.15) is 4.98 Å². The minimum atomic E-state index is -1.15. The number of nitrogens with two attached hydrogens (primary N) is 1. The minimum Gasteiger partial charge on any atom is -0.343 e. The number of nitrogens with zero attached hydrogens (tertiary/aromatic N) is 2. The third-order valence-corrected chi connectivity index (χ3v) is 3.71. The van der Waals surface area contributed by atoms with Gasteiger partial charge in [-0.05, 0) is 38.5 Å². The summed E-state index contributed by atoms with van der Waals surface area (Å²) in [4.78, 5) is 16.5. The number of benzene rings is 1. The second-order valence-electron chi connectivity index (χ2n) is 5.08. The Balaban J connectivity index is 0.00000242. The fraction of sp³-hybridized carbons (Fsp3) is 0.357. The van der Waals surface area contributed by atoms with Gasteiger partial charge in [0.2, 0.25) is 11.8 Å². The topological polar surface area (TPSA) is 94.0 Å². The fourth-order valence-corrected chi connectivity index (χ4v) is 2.09. The zero-order valence-corrected chi connectivity index (χ0v) is 14.9. The standard InChI is InChI=1S/C14H17BrN4O2.ClH/c1-8(12-18-9(2)19-21-12)17-13(20)14(3,16)10-4-6-11(15)7-5-10;/h4-8H,16H2,1-3H3,(H,17,20);1H. The lowest BCUT2D eigenvalue weighted by Gasteiger charge is -2.25. The van der Waals surface area contributed by atoms with Crippen molar-refractivity contribution in [2.24, 2.45) is 5.73 Å². The molecular formula is C14H18BrClN4O2. The molecule has 0 saturated heterocycles. The molecule has 1 aromatic carbocycles. The molecule has 0 radical (unpaired) electrons. The Morgan fingerprint density at radius 2 is 2.00 bits per heavy atom. The quantitative estimate of drug-likeness (QED) is 0.838. The highest BCUT2D eigenvalue weighted by Gasteiger charge is 2.32. The van der Waals surface area contributed by atoms with E-state index in [0.717, 1.165) is 10.0 Å². The number of aryl methyl sites for hydroxylation is 1. The minimum absolute atomic E-state index is 0. The first-order chi connectivity index (χ1) is 9.80. The van der Waals surface area contributed by atoms with Crippen molar-refractivity contribution in [1.29, 1.82) is 0 Å². The second kappa shape index (κ2) is 7.21. The third kappa shape index (κ3) is 4.06. The van der Waals surface area contributed by atoms with Gasteiger partial charge in [-0.15, -0.1) is 12.4 Å². The van der Waals surface area contributed by atoms with Crippen LogP contribution in [0.2, 0.25) is 0 Å². The van der Waals surface area contributed by atoms with E-state index in [1.54, 1.807) is 20.8 Å². The Morgan fingerprint density at radius 3 is 2.50 bits per heavy atom. The van der Waals surface area contributed by atoms with Gasteiger partial charge in [-0.1, -0.05) is 33.2 Å². The average molecular weight is 390 g/mol. The zero-order valence-electron chi connectivity index (χ0n) is 12.5. The van der Waals surface area contributed by atoms with Crippen LogP contribution in [0, 0.1) is 6.92 Å². The van der Waals surface area contributed by atoms with Gasteiger partial charge in [-0.25, -0.2) is 0 Å². The molecule has 1 amide bonds. The molecular weight excluding hydrogens is 372 g/mol. The fourth-order valence-electron chi connectivity index (χ4n) is 1.82. The largest absolute Gasteiger partial charge is 0.343 e. The molecule has 0 spiro atoms. The SMILES string of the molecule is Cc1noc(C(C)NC(=O)C(C)(N)c2ccc(Br)cc2)n1.Cl. The van der Waals surface area contributed by atoms with E-state index in [1.807, 2.05) is 24.3 Å². The molecule has 0 aliphatic heterocycles. The van der Waals surface area contributed by atoms with Crippen molar-refractivity contribution in [3.8, 4) is 0 Å². The Kier molecular flexibility index (Phi) is 6.10. The first kappa shape index (κ1) is 18.6. The summed E-state index contributed by atoms with van der Waals surface area (Å²) in [7, 11) is 0. The van der Waals surface area contributed by atoms with Crippen LogP contribution >= 0.6 is 28.3 Å². The molecule has 6 nitrogen and oxygen atoms in total. The first-order valence-corrected chi connectivity index (χ1v) is 7.26. The van der Waals surface area contributed by atoms with Crippen molar-refractivity contribution >= 4 is 34.2 Å². The maximum Gasteiger partial charge on any atom is 0.248 e. The van der Waals surface area contributed by atoms with E-state index in [9.17, 15) is 4.79 Å². The molecule has 0 fully saturated rings. The number of aromatic nitrogens is 2. The van der Waals surface area contributed by atoms with Gasteiger partial charge in [0.25, 0.3) is 0 Å². The van der Waals surface area contributed by atoms with E-state index in [0.29, 0.717) is 11.7 Å². The van der Waals surface area contributed by atoms with Crippen LogP contribution in [0.5, 0.6) is 0 Å². The normalized spacial score (nSPS) is 14.6. The molecule has 1 aromatic heterocycles. The van der Waals surface area contributed by atoms with Crippen LogP contribution in [0.3, 0.4) is 0 Å². The summed E-state index contributed by atoms with van der Waals surface area (Å²) in [5.41, 5.74) is 5.74. The van der Waals surface area contributed by atoms with Crippen LogP contribution < -0.4 is 11.1 Å². The summed E-state index contributed by atoms with van der Waals surface area (Å²) in [5, 5.41) is 6.49. The molecule has 22 heavy (non-hydrogen) atoms. The van der Waals surface area contributed by atoms with E-state index >= 15 is 0 Å². The monoisotopic (exact) mass is 388 g/mol. The van der Waals surface area contributed by atoms with Crippen molar-refractivity contribution in [3.63, 3.8) is 0 Å². The molecule has 8 heteroatoms. The van der Waals surface area contributed by atoms with Gasteiger partial charge >= 0.3 is 0 Å².